The van der Waals surface area contributed by atoms with E-state index >= 15 is 0 Å². The van der Waals surface area contributed by atoms with Crippen LogP contribution in [0.5, 0.6) is 0 Å². The molecule has 2 atom stereocenters. The molecular formula is C21H20N4O5S2-2. The zero-order valence-corrected chi connectivity index (χ0v) is 18.8. The zero-order chi connectivity index (χ0) is 23.4. The van der Waals surface area contributed by atoms with E-state index in [0.29, 0.717) is 5.69 Å². The minimum absolute atomic E-state index is 0.00365. The fourth-order valence-corrected chi connectivity index (χ4v) is 4.26. The normalized spacial score (nSPS) is 13.4. The van der Waals surface area contributed by atoms with Crippen LogP contribution in [0.1, 0.15) is 16.7 Å². The molecule has 0 aromatic heterocycles. The van der Waals surface area contributed by atoms with Crippen LogP contribution in [0.2, 0.25) is 0 Å². The van der Waals surface area contributed by atoms with E-state index in [-0.39, 0.29) is 28.5 Å². The Balaban J connectivity index is 2.30. The van der Waals surface area contributed by atoms with E-state index < -0.39 is 22.5 Å². The van der Waals surface area contributed by atoms with Gasteiger partial charge in [-0.1, -0.05) is 40.5 Å². The summed E-state index contributed by atoms with van der Waals surface area (Å²) >= 11 is -5.61. The van der Waals surface area contributed by atoms with E-state index in [1.807, 2.05) is 13.8 Å². The van der Waals surface area contributed by atoms with Crippen LogP contribution in [0, 0.1) is 13.8 Å². The van der Waals surface area contributed by atoms with Crippen LogP contribution < -0.4 is 14.3 Å². The molecule has 0 radical (unpaired) electrons. The van der Waals surface area contributed by atoms with Gasteiger partial charge in [0.05, 0.1) is 45.3 Å². The topological polar surface area (TPSA) is 145 Å². The van der Waals surface area contributed by atoms with Gasteiger partial charge in [-0.3, -0.25) is 17.0 Å². The number of amidine groups is 1. The van der Waals surface area contributed by atoms with Crippen molar-refractivity contribution in [1.82, 2.24) is 0 Å². The second-order valence-electron chi connectivity index (χ2n) is 6.88. The minimum Gasteiger partial charge on any atom is -0.755 e. The molecule has 168 valence electrons. The first-order valence-corrected chi connectivity index (χ1v) is 11.3. The lowest BCUT2D eigenvalue weighted by Gasteiger charge is -2.34. The van der Waals surface area contributed by atoms with E-state index in [0.717, 1.165) is 19.7 Å². The summed E-state index contributed by atoms with van der Waals surface area (Å²) in [5.41, 5.74) is 8.39. The van der Waals surface area contributed by atoms with Crippen molar-refractivity contribution in [3.63, 3.8) is 0 Å². The summed E-state index contributed by atoms with van der Waals surface area (Å²) in [4.78, 5) is 0. The first-order valence-electron chi connectivity index (χ1n) is 9.27. The molecule has 0 aliphatic heterocycles. The van der Waals surface area contributed by atoms with Gasteiger partial charge >= 0.3 is 0 Å². The highest BCUT2D eigenvalue weighted by Crippen LogP contribution is 2.40. The first kappa shape index (κ1) is 23.4. The number of hydrogen-bond acceptors (Lipinski definition) is 6. The molecule has 3 aromatic carbocycles. The van der Waals surface area contributed by atoms with Gasteiger partial charge in [0.2, 0.25) is 0 Å². The molecule has 11 heteroatoms. The van der Waals surface area contributed by atoms with Crippen molar-refractivity contribution in [2.45, 2.75) is 13.8 Å². The van der Waals surface area contributed by atoms with Gasteiger partial charge in [0.15, 0.2) is 5.84 Å². The van der Waals surface area contributed by atoms with Gasteiger partial charge in [-0.2, -0.15) is 0 Å². The van der Waals surface area contributed by atoms with Crippen molar-refractivity contribution in [1.29, 1.82) is 0 Å². The molecule has 0 aliphatic rings. The fraction of sp³-hybridized carbons (Fsp3) is 0.0952. The number of benzene rings is 3. The van der Waals surface area contributed by atoms with Gasteiger partial charge < -0.3 is 20.0 Å². The van der Waals surface area contributed by atoms with E-state index in [4.69, 9.17) is 10.9 Å². The summed E-state index contributed by atoms with van der Waals surface area (Å²) < 4.78 is 51.0. The third kappa shape index (κ3) is 4.97. The molecule has 3 rings (SSSR count). The van der Waals surface area contributed by atoms with Gasteiger partial charge in [-0.15, -0.1) is 0 Å². The molecule has 9 nitrogen and oxygen atoms in total. The Morgan fingerprint density at radius 3 is 1.66 bits per heavy atom. The van der Waals surface area contributed by atoms with E-state index in [1.165, 1.54) is 18.2 Å². The van der Waals surface area contributed by atoms with Gasteiger partial charge in [-0.25, -0.2) is 0 Å². The number of oxime groups is 1. The second kappa shape index (κ2) is 9.92. The lowest BCUT2D eigenvalue weighted by Crippen LogP contribution is -2.26. The van der Waals surface area contributed by atoms with Crippen molar-refractivity contribution in [2.75, 3.05) is 8.61 Å². The number of anilines is 4. The molecule has 0 fully saturated rings. The average Bonchev–Trinajstić information content (AvgIpc) is 2.76. The van der Waals surface area contributed by atoms with Crippen LogP contribution >= 0.6 is 0 Å². The number of rotatable bonds is 7. The maximum atomic E-state index is 12.3. The molecule has 0 heterocycles. The van der Waals surface area contributed by atoms with Gasteiger partial charge in [0.1, 0.15) is 0 Å². The SMILES string of the molecule is Cc1ccc(N(c2ccc(C(N)=NO)cc2N(c2ccc(C)cc2)S(=O)[O-])S(=O)[O-])cc1. The zero-order valence-electron chi connectivity index (χ0n) is 17.2. The van der Waals surface area contributed by atoms with Gasteiger partial charge in [-0.05, 0) is 56.3 Å². The monoisotopic (exact) mass is 472 g/mol. The first-order chi connectivity index (χ1) is 15.2. The smallest absolute Gasteiger partial charge is 0.170 e. The second-order valence-corrected chi connectivity index (χ2v) is 8.48. The summed E-state index contributed by atoms with van der Waals surface area (Å²) in [5, 5.41) is 12.0. The van der Waals surface area contributed by atoms with Crippen molar-refractivity contribution >= 4 is 51.1 Å². The lowest BCUT2D eigenvalue weighted by atomic mass is 10.1. The number of hydrogen-bond donors (Lipinski definition) is 2. The van der Waals surface area contributed by atoms with Gasteiger partial charge in [0.25, 0.3) is 0 Å². The van der Waals surface area contributed by atoms with Crippen LogP contribution in [-0.4, -0.2) is 28.6 Å². The minimum atomic E-state index is -2.82. The summed E-state index contributed by atoms with van der Waals surface area (Å²) in [6.07, 6.45) is 0. The molecule has 0 saturated carbocycles. The molecule has 2 unspecified atom stereocenters. The van der Waals surface area contributed by atoms with Crippen LogP contribution in [0.15, 0.2) is 71.9 Å². The van der Waals surface area contributed by atoms with Crippen LogP contribution in [0.4, 0.5) is 22.7 Å². The Kier molecular flexibility index (Phi) is 7.26. The number of nitrogens with two attached hydrogens (primary N) is 1. The van der Waals surface area contributed by atoms with Crippen LogP contribution in [-0.2, 0) is 22.5 Å². The molecule has 0 amide bonds. The molecule has 0 bridgehead atoms. The van der Waals surface area contributed by atoms with E-state index in [9.17, 15) is 17.5 Å². The largest absolute Gasteiger partial charge is 0.755 e. The highest BCUT2D eigenvalue weighted by molar-refractivity contribution is 7.81. The Bertz CT molecular complexity index is 1180. The average molecular weight is 473 g/mol. The molecule has 0 saturated heterocycles. The predicted octanol–water partition coefficient (Wildman–Crippen LogP) is 3.26. The number of nitrogens with zero attached hydrogens (tertiary/aromatic N) is 3. The van der Waals surface area contributed by atoms with E-state index in [1.54, 1.807) is 48.5 Å². The standard InChI is InChI=1S/C21H22N4O5S2/c1-14-3-8-17(9-4-14)24(31(27)28)19-12-7-16(21(22)23-26)13-20(19)25(32(29)30)18-10-5-15(2)6-11-18/h3-13,26H,1-2H3,(H2,22,23)(H,27,28)(H,29,30)/p-2. The Morgan fingerprint density at radius 2 is 1.25 bits per heavy atom. The summed E-state index contributed by atoms with van der Waals surface area (Å²) in [5.74, 6) is -0.261. The van der Waals surface area contributed by atoms with E-state index in [2.05, 4.69) is 5.16 Å². The highest BCUT2D eigenvalue weighted by atomic mass is 32.2. The summed E-state index contributed by atoms with van der Waals surface area (Å²) in [7, 11) is 0. The Hall–Kier alpha value is -3.25. The molecule has 3 N–H and O–H groups in total. The Labute approximate surface area is 190 Å². The van der Waals surface area contributed by atoms with Crippen molar-refractivity contribution < 1.29 is 22.7 Å². The molecular weight excluding hydrogens is 452 g/mol. The predicted molar refractivity (Wildman–Crippen MR) is 123 cm³/mol. The summed E-state index contributed by atoms with van der Waals surface area (Å²) in [6.45, 7) is 3.71. The quantitative estimate of drug-likeness (QED) is 0.177. The van der Waals surface area contributed by atoms with Crippen molar-refractivity contribution in [3.05, 3.63) is 83.4 Å². The summed E-state index contributed by atoms with van der Waals surface area (Å²) in [6, 6.07) is 17.5. The van der Waals surface area contributed by atoms with Crippen LogP contribution in [0.25, 0.3) is 0 Å². The van der Waals surface area contributed by atoms with Crippen LogP contribution in [0.3, 0.4) is 0 Å². The maximum Gasteiger partial charge on any atom is 0.170 e. The van der Waals surface area contributed by atoms with Crippen molar-refractivity contribution in [2.24, 2.45) is 10.9 Å². The third-order valence-corrected chi connectivity index (χ3v) is 6.06. The highest BCUT2D eigenvalue weighted by Gasteiger charge is 2.22. The molecule has 3 aromatic rings. The third-order valence-electron chi connectivity index (χ3n) is 4.65. The van der Waals surface area contributed by atoms with Crippen molar-refractivity contribution in [3.8, 4) is 0 Å². The lowest BCUT2D eigenvalue weighted by molar-refractivity contribution is 0.318. The fourth-order valence-electron chi connectivity index (χ4n) is 3.05. The molecule has 0 aliphatic carbocycles. The Morgan fingerprint density at radius 1 is 0.812 bits per heavy atom. The maximum absolute atomic E-state index is 12.3. The van der Waals surface area contributed by atoms with Gasteiger partial charge in [0, 0.05) is 5.56 Å². The molecule has 0 spiro atoms. The molecule has 32 heavy (non-hydrogen) atoms. The number of aryl methyl sites for hydroxylation is 2.